The van der Waals surface area contributed by atoms with Gasteiger partial charge in [-0.25, -0.2) is 5.43 Å². The predicted octanol–water partition coefficient (Wildman–Crippen LogP) is 1.92. The summed E-state index contributed by atoms with van der Waals surface area (Å²) in [6.45, 7) is -0.123. The molecule has 0 aliphatic heterocycles. The number of rotatable bonds is 5. The van der Waals surface area contributed by atoms with E-state index in [0.717, 1.165) is 0 Å². The lowest BCUT2D eigenvalue weighted by Gasteiger charge is -2.04. The molecule has 0 spiro atoms. The molecule has 20 heavy (non-hydrogen) atoms. The first-order valence-corrected chi connectivity index (χ1v) is 6.03. The number of hydrogen-bond acceptors (Lipinski definition) is 4. The standard InChI is InChI=1S/C15H14N2O3/c18-14-9-5-4-6-12(14)10-16-17-15(19)11-20-13-7-2-1-3-8-13/h1-10,18H,11H2,(H,17,19). The first-order valence-electron chi connectivity index (χ1n) is 6.03. The zero-order valence-corrected chi connectivity index (χ0v) is 10.7. The molecule has 0 saturated heterocycles. The van der Waals surface area contributed by atoms with Gasteiger partial charge < -0.3 is 9.84 Å². The van der Waals surface area contributed by atoms with Crippen molar-refractivity contribution in [3.8, 4) is 11.5 Å². The number of amides is 1. The molecular weight excluding hydrogens is 256 g/mol. The van der Waals surface area contributed by atoms with Gasteiger partial charge in [0.1, 0.15) is 11.5 Å². The third-order valence-electron chi connectivity index (χ3n) is 2.44. The van der Waals surface area contributed by atoms with Gasteiger partial charge in [-0.15, -0.1) is 0 Å². The van der Waals surface area contributed by atoms with Crippen LogP contribution in [0.3, 0.4) is 0 Å². The molecular formula is C15H14N2O3. The number of hydrogen-bond donors (Lipinski definition) is 2. The van der Waals surface area contributed by atoms with Gasteiger partial charge in [0, 0.05) is 5.56 Å². The summed E-state index contributed by atoms with van der Waals surface area (Å²) < 4.78 is 5.26. The number of aromatic hydroxyl groups is 1. The monoisotopic (exact) mass is 270 g/mol. The number of nitrogens with zero attached hydrogens (tertiary/aromatic N) is 1. The minimum atomic E-state index is -0.375. The number of carbonyl (C=O) groups is 1. The number of benzene rings is 2. The fraction of sp³-hybridized carbons (Fsp3) is 0.0667. The van der Waals surface area contributed by atoms with Gasteiger partial charge in [-0.2, -0.15) is 5.10 Å². The Labute approximate surface area is 116 Å². The van der Waals surface area contributed by atoms with E-state index >= 15 is 0 Å². The predicted molar refractivity (Wildman–Crippen MR) is 75.8 cm³/mol. The minimum absolute atomic E-state index is 0.103. The van der Waals surface area contributed by atoms with Crippen LogP contribution >= 0.6 is 0 Å². The van der Waals surface area contributed by atoms with E-state index in [2.05, 4.69) is 10.5 Å². The topological polar surface area (TPSA) is 70.9 Å². The molecule has 0 aliphatic carbocycles. The number of nitrogens with one attached hydrogen (secondary N) is 1. The molecule has 2 aromatic rings. The van der Waals surface area contributed by atoms with E-state index < -0.39 is 0 Å². The Hall–Kier alpha value is -2.82. The second-order valence-corrected chi connectivity index (χ2v) is 3.95. The molecule has 5 nitrogen and oxygen atoms in total. The molecule has 0 saturated carbocycles. The van der Waals surface area contributed by atoms with E-state index in [9.17, 15) is 9.90 Å². The van der Waals surface area contributed by atoms with E-state index in [-0.39, 0.29) is 18.3 Å². The van der Waals surface area contributed by atoms with Gasteiger partial charge in [0.2, 0.25) is 0 Å². The summed E-state index contributed by atoms with van der Waals surface area (Å²) in [6, 6.07) is 15.7. The third kappa shape index (κ3) is 4.13. The number of hydrazone groups is 1. The molecule has 5 heteroatoms. The molecule has 0 radical (unpaired) electrons. The molecule has 0 aliphatic rings. The Balaban J connectivity index is 1.79. The van der Waals surface area contributed by atoms with Crippen molar-refractivity contribution >= 4 is 12.1 Å². The first kappa shape index (κ1) is 13.6. The highest BCUT2D eigenvalue weighted by Gasteiger charge is 2.01. The number of phenolic OH excluding ortho intramolecular Hbond substituents is 1. The van der Waals surface area contributed by atoms with Crippen molar-refractivity contribution in [2.45, 2.75) is 0 Å². The van der Waals surface area contributed by atoms with Crippen LogP contribution in [0, 0.1) is 0 Å². The number of para-hydroxylation sites is 2. The smallest absolute Gasteiger partial charge is 0.277 e. The maximum Gasteiger partial charge on any atom is 0.277 e. The fourth-order valence-corrected chi connectivity index (χ4v) is 1.47. The second-order valence-electron chi connectivity index (χ2n) is 3.95. The fourth-order valence-electron chi connectivity index (χ4n) is 1.47. The number of carbonyl (C=O) groups excluding carboxylic acids is 1. The molecule has 0 unspecified atom stereocenters. The van der Waals surface area contributed by atoms with E-state index in [1.54, 1.807) is 36.4 Å². The van der Waals surface area contributed by atoms with Gasteiger partial charge in [-0.3, -0.25) is 4.79 Å². The van der Waals surface area contributed by atoms with E-state index in [4.69, 9.17) is 4.74 Å². The normalized spacial score (nSPS) is 10.4. The Bertz CT molecular complexity index is 597. The van der Waals surface area contributed by atoms with Crippen LogP contribution in [-0.2, 0) is 4.79 Å². The molecule has 0 heterocycles. The van der Waals surface area contributed by atoms with Gasteiger partial charge in [0.05, 0.1) is 6.21 Å². The Morgan fingerprint density at radius 2 is 1.85 bits per heavy atom. The molecule has 1 amide bonds. The minimum Gasteiger partial charge on any atom is -0.507 e. The van der Waals surface area contributed by atoms with Gasteiger partial charge in [-0.1, -0.05) is 30.3 Å². The molecule has 0 fully saturated rings. The Kier molecular flexibility index (Phi) is 4.72. The van der Waals surface area contributed by atoms with Crippen LogP contribution in [0.1, 0.15) is 5.56 Å². The van der Waals surface area contributed by atoms with E-state index in [0.29, 0.717) is 11.3 Å². The molecule has 0 bridgehead atoms. The van der Waals surface area contributed by atoms with Crippen molar-refractivity contribution in [1.29, 1.82) is 0 Å². The van der Waals surface area contributed by atoms with Crippen LogP contribution in [0.25, 0.3) is 0 Å². The molecule has 0 atom stereocenters. The zero-order chi connectivity index (χ0) is 14.2. The largest absolute Gasteiger partial charge is 0.507 e. The quantitative estimate of drug-likeness (QED) is 0.644. The van der Waals surface area contributed by atoms with Gasteiger partial charge in [-0.05, 0) is 24.3 Å². The van der Waals surface area contributed by atoms with Crippen LogP contribution in [0.15, 0.2) is 59.7 Å². The van der Waals surface area contributed by atoms with Crippen molar-refractivity contribution < 1.29 is 14.6 Å². The summed E-state index contributed by atoms with van der Waals surface area (Å²) in [5.74, 6) is 0.346. The SMILES string of the molecule is O=C(COc1ccccc1)NN=Cc1ccccc1O. The van der Waals surface area contributed by atoms with Crippen molar-refractivity contribution in [3.63, 3.8) is 0 Å². The lowest BCUT2D eigenvalue weighted by Crippen LogP contribution is -2.24. The van der Waals surface area contributed by atoms with Gasteiger partial charge in [0.15, 0.2) is 6.61 Å². The van der Waals surface area contributed by atoms with E-state index in [1.165, 1.54) is 6.21 Å². The second kappa shape index (κ2) is 6.94. The summed E-state index contributed by atoms with van der Waals surface area (Å²) in [7, 11) is 0. The van der Waals surface area contributed by atoms with Crippen LogP contribution in [0.2, 0.25) is 0 Å². The van der Waals surface area contributed by atoms with Gasteiger partial charge in [0.25, 0.3) is 5.91 Å². The highest BCUT2D eigenvalue weighted by molar-refractivity contribution is 5.85. The van der Waals surface area contributed by atoms with Crippen molar-refractivity contribution in [2.75, 3.05) is 6.61 Å². The Morgan fingerprint density at radius 1 is 1.15 bits per heavy atom. The molecule has 0 aromatic heterocycles. The maximum absolute atomic E-state index is 11.5. The average Bonchev–Trinajstić information content (AvgIpc) is 2.48. The summed E-state index contributed by atoms with van der Waals surface area (Å²) >= 11 is 0. The highest BCUT2D eigenvalue weighted by atomic mass is 16.5. The maximum atomic E-state index is 11.5. The molecule has 102 valence electrons. The summed E-state index contributed by atoms with van der Waals surface area (Å²) in [6.07, 6.45) is 1.37. The van der Waals surface area contributed by atoms with Crippen LogP contribution in [-0.4, -0.2) is 23.8 Å². The zero-order valence-electron chi connectivity index (χ0n) is 10.7. The van der Waals surface area contributed by atoms with Gasteiger partial charge >= 0.3 is 0 Å². The van der Waals surface area contributed by atoms with E-state index in [1.807, 2.05) is 18.2 Å². The Morgan fingerprint density at radius 3 is 2.60 bits per heavy atom. The van der Waals surface area contributed by atoms with Crippen molar-refractivity contribution in [3.05, 3.63) is 60.2 Å². The summed E-state index contributed by atoms with van der Waals surface area (Å²) in [4.78, 5) is 11.5. The van der Waals surface area contributed by atoms with Crippen LogP contribution in [0.5, 0.6) is 11.5 Å². The summed E-state index contributed by atoms with van der Waals surface area (Å²) in [5, 5.41) is 13.2. The van der Waals surface area contributed by atoms with Crippen LogP contribution < -0.4 is 10.2 Å². The first-order chi connectivity index (χ1) is 9.75. The highest BCUT2D eigenvalue weighted by Crippen LogP contribution is 2.12. The number of ether oxygens (including phenoxy) is 1. The lowest BCUT2D eigenvalue weighted by atomic mass is 10.2. The average molecular weight is 270 g/mol. The van der Waals surface area contributed by atoms with Crippen LogP contribution in [0.4, 0.5) is 0 Å². The molecule has 2 N–H and O–H groups in total. The molecule has 2 aromatic carbocycles. The number of phenols is 1. The molecule has 2 rings (SSSR count). The third-order valence-corrected chi connectivity index (χ3v) is 2.44. The summed E-state index contributed by atoms with van der Waals surface area (Å²) in [5.41, 5.74) is 2.85. The van der Waals surface area contributed by atoms with Crippen molar-refractivity contribution in [1.82, 2.24) is 5.43 Å². The van der Waals surface area contributed by atoms with Crippen molar-refractivity contribution in [2.24, 2.45) is 5.10 Å². The lowest BCUT2D eigenvalue weighted by molar-refractivity contribution is -0.123.